The number of benzene rings is 1. The Bertz CT molecular complexity index is 418. The monoisotopic (exact) mass is 284 g/mol. The van der Waals surface area contributed by atoms with E-state index in [2.05, 4.69) is 6.92 Å². The minimum absolute atomic E-state index is 0.0103. The van der Waals surface area contributed by atoms with E-state index in [9.17, 15) is 4.79 Å². The Morgan fingerprint density at radius 2 is 2.11 bits per heavy atom. The molecule has 4 heteroatoms. The molecule has 3 nitrogen and oxygen atoms in total. The van der Waals surface area contributed by atoms with E-state index in [-0.39, 0.29) is 11.7 Å². The second kappa shape index (κ2) is 8.05. The molecule has 0 aliphatic carbocycles. The Morgan fingerprint density at radius 3 is 2.74 bits per heavy atom. The SMILES string of the molecule is CCCCCCC(C)Oc1ccc(Cl)cc1C(=O)O. The molecule has 106 valence electrons. The fourth-order valence-electron chi connectivity index (χ4n) is 1.91. The lowest BCUT2D eigenvalue weighted by atomic mass is 10.1. The second-order valence-electron chi connectivity index (χ2n) is 4.72. The molecule has 0 aromatic heterocycles. The van der Waals surface area contributed by atoms with E-state index in [1.54, 1.807) is 12.1 Å². The van der Waals surface area contributed by atoms with Crippen LogP contribution >= 0.6 is 11.6 Å². The number of carbonyl (C=O) groups is 1. The van der Waals surface area contributed by atoms with Gasteiger partial charge in [0.25, 0.3) is 0 Å². The zero-order chi connectivity index (χ0) is 14.3. The molecule has 1 N–H and O–H groups in total. The summed E-state index contributed by atoms with van der Waals surface area (Å²) in [4.78, 5) is 11.1. The number of carboxylic acid groups (broad SMARTS) is 1. The molecule has 0 spiro atoms. The van der Waals surface area contributed by atoms with Crippen LogP contribution in [0, 0.1) is 0 Å². The topological polar surface area (TPSA) is 46.5 Å². The summed E-state index contributed by atoms with van der Waals surface area (Å²) in [5.74, 6) is -0.629. The molecule has 0 radical (unpaired) electrons. The van der Waals surface area contributed by atoms with Gasteiger partial charge in [0.05, 0.1) is 6.10 Å². The van der Waals surface area contributed by atoms with Crippen LogP contribution in [0.15, 0.2) is 18.2 Å². The van der Waals surface area contributed by atoms with Crippen molar-refractivity contribution in [3.05, 3.63) is 28.8 Å². The van der Waals surface area contributed by atoms with Crippen LogP contribution in [0.1, 0.15) is 56.3 Å². The number of unbranched alkanes of at least 4 members (excludes halogenated alkanes) is 3. The van der Waals surface area contributed by atoms with Crippen LogP contribution in [0.25, 0.3) is 0 Å². The van der Waals surface area contributed by atoms with Gasteiger partial charge in [0.1, 0.15) is 11.3 Å². The summed E-state index contributed by atoms with van der Waals surface area (Å²) in [5, 5.41) is 9.51. The van der Waals surface area contributed by atoms with Gasteiger partial charge in [0.15, 0.2) is 0 Å². The Hall–Kier alpha value is -1.22. The highest BCUT2D eigenvalue weighted by molar-refractivity contribution is 6.31. The average molecular weight is 285 g/mol. The molecule has 1 atom stereocenters. The van der Waals surface area contributed by atoms with Crippen molar-refractivity contribution in [2.75, 3.05) is 0 Å². The van der Waals surface area contributed by atoms with Gasteiger partial charge < -0.3 is 9.84 Å². The maximum Gasteiger partial charge on any atom is 0.339 e. The molecule has 0 aliphatic rings. The normalized spacial score (nSPS) is 12.2. The summed E-state index contributed by atoms with van der Waals surface area (Å²) < 4.78 is 5.70. The number of ether oxygens (including phenoxy) is 1. The van der Waals surface area contributed by atoms with Crippen LogP contribution < -0.4 is 4.74 Å². The van der Waals surface area contributed by atoms with Gasteiger partial charge in [-0.3, -0.25) is 0 Å². The van der Waals surface area contributed by atoms with Crippen molar-refractivity contribution in [3.8, 4) is 5.75 Å². The smallest absolute Gasteiger partial charge is 0.339 e. The first kappa shape index (κ1) is 15.8. The molecular formula is C15H21ClO3. The number of halogens is 1. The quantitative estimate of drug-likeness (QED) is 0.699. The summed E-state index contributed by atoms with van der Waals surface area (Å²) in [6.07, 6.45) is 5.67. The zero-order valence-electron chi connectivity index (χ0n) is 11.5. The van der Waals surface area contributed by atoms with Crippen LogP contribution in [-0.2, 0) is 0 Å². The molecule has 19 heavy (non-hydrogen) atoms. The summed E-state index contributed by atoms with van der Waals surface area (Å²) in [6.45, 7) is 4.14. The first-order chi connectivity index (χ1) is 9.04. The third kappa shape index (κ3) is 5.52. The van der Waals surface area contributed by atoms with E-state index in [4.69, 9.17) is 21.4 Å². The Balaban J connectivity index is 2.58. The first-order valence-electron chi connectivity index (χ1n) is 6.74. The van der Waals surface area contributed by atoms with E-state index in [0.29, 0.717) is 10.8 Å². The molecule has 0 heterocycles. The second-order valence-corrected chi connectivity index (χ2v) is 5.16. The van der Waals surface area contributed by atoms with Crippen molar-refractivity contribution >= 4 is 17.6 Å². The molecular weight excluding hydrogens is 264 g/mol. The molecule has 1 rings (SSSR count). The molecule has 0 bridgehead atoms. The maximum atomic E-state index is 11.1. The standard InChI is InChI=1S/C15H21ClO3/c1-3-4-5-6-7-11(2)19-14-9-8-12(16)10-13(14)15(17)18/h8-11H,3-7H2,1-2H3,(H,17,18). The van der Waals surface area contributed by atoms with Crippen LogP contribution in [0.4, 0.5) is 0 Å². The van der Waals surface area contributed by atoms with E-state index >= 15 is 0 Å². The fraction of sp³-hybridized carbons (Fsp3) is 0.533. The predicted octanol–water partition coefficient (Wildman–Crippen LogP) is 4.78. The van der Waals surface area contributed by atoms with E-state index in [0.717, 1.165) is 12.8 Å². The van der Waals surface area contributed by atoms with Crippen LogP contribution in [-0.4, -0.2) is 17.2 Å². The number of aromatic carboxylic acids is 1. The molecule has 1 aromatic rings. The van der Waals surface area contributed by atoms with Gasteiger partial charge in [-0.1, -0.05) is 37.8 Å². The summed E-state index contributed by atoms with van der Waals surface area (Å²) in [5.41, 5.74) is 0.118. The minimum atomic E-state index is -1.02. The van der Waals surface area contributed by atoms with Crippen molar-refractivity contribution in [1.29, 1.82) is 0 Å². The van der Waals surface area contributed by atoms with Gasteiger partial charge >= 0.3 is 5.97 Å². The number of hydrogen-bond donors (Lipinski definition) is 1. The third-order valence-corrected chi connectivity index (χ3v) is 3.20. The number of rotatable bonds is 8. The van der Waals surface area contributed by atoms with Crippen molar-refractivity contribution in [2.24, 2.45) is 0 Å². The summed E-state index contributed by atoms with van der Waals surface area (Å²) in [6, 6.07) is 4.69. The summed E-state index contributed by atoms with van der Waals surface area (Å²) >= 11 is 5.80. The summed E-state index contributed by atoms with van der Waals surface area (Å²) in [7, 11) is 0. The molecule has 0 fully saturated rings. The highest BCUT2D eigenvalue weighted by Crippen LogP contribution is 2.24. The van der Waals surface area contributed by atoms with Gasteiger partial charge in [-0.2, -0.15) is 0 Å². The Kier molecular flexibility index (Phi) is 6.71. The largest absolute Gasteiger partial charge is 0.490 e. The van der Waals surface area contributed by atoms with Gasteiger partial charge in [0, 0.05) is 5.02 Å². The molecule has 0 amide bonds. The van der Waals surface area contributed by atoms with Crippen LogP contribution in [0.3, 0.4) is 0 Å². The lowest BCUT2D eigenvalue weighted by Gasteiger charge is -2.16. The zero-order valence-corrected chi connectivity index (χ0v) is 12.2. The van der Waals surface area contributed by atoms with Crippen molar-refractivity contribution in [1.82, 2.24) is 0 Å². The lowest BCUT2D eigenvalue weighted by Crippen LogP contribution is -2.14. The highest BCUT2D eigenvalue weighted by Gasteiger charge is 2.14. The van der Waals surface area contributed by atoms with E-state index in [1.165, 1.54) is 25.3 Å². The average Bonchev–Trinajstić information content (AvgIpc) is 2.36. The first-order valence-corrected chi connectivity index (χ1v) is 7.12. The molecule has 0 aliphatic heterocycles. The van der Waals surface area contributed by atoms with Gasteiger partial charge in [-0.15, -0.1) is 0 Å². The molecule has 0 saturated carbocycles. The van der Waals surface area contributed by atoms with Gasteiger partial charge in [0.2, 0.25) is 0 Å². The number of carboxylic acids is 1. The minimum Gasteiger partial charge on any atom is -0.490 e. The number of hydrogen-bond acceptors (Lipinski definition) is 2. The maximum absolute atomic E-state index is 11.1. The lowest BCUT2D eigenvalue weighted by molar-refractivity contribution is 0.0689. The van der Waals surface area contributed by atoms with Crippen molar-refractivity contribution in [2.45, 2.75) is 52.1 Å². The third-order valence-electron chi connectivity index (χ3n) is 2.96. The van der Waals surface area contributed by atoms with Gasteiger partial charge in [-0.05, 0) is 38.0 Å². The molecule has 1 aromatic carbocycles. The van der Waals surface area contributed by atoms with Gasteiger partial charge in [-0.25, -0.2) is 4.79 Å². The van der Waals surface area contributed by atoms with E-state index < -0.39 is 5.97 Å². The molecule has 0 saturated heterocycles. The van der Waals surface area contributed by atoms with Crippen LogP contribution in [0.5, 0.6) is 5.75 Å². The van der Waals surface area contributed by atoms with Crippen LogP contribution in [0.2, 0.25) is 5.02 Å². The van der Waals surface area contributed by atoms with Crippen molar-refractivity contribution < 1.29 is 14.6 Å². The highest BCUT2D eigenvalue weighted by atomic mass is 35.5. The van der Waals surface area contributed by atoms with E-state index in [1.807, 2.05) is 6.92 Å². The predicted molar refractivity (Wildman–Crippen MR) is 77.3 cm³/mol. The molecule has 1 unspecified atom stereocenters. The van der Waals surface area contributed by atoms with Crippen molar-refractivity contribution in [3.63, 3.8) is 0 Å². The Morgan fingerprint density at radius 1 is 1.37 bits per heavy atom. The fourth-order valence-corrected chi connectivity index (χ4v) is 2.08. The Labute approximate surface area is 119 Å².